The van der Waals surface area contributed by atoms with Crippen LogP contribution in [0.1, 0.15) is 11.3 Å². The minimum absolute atomic E-state index is 0.134. The molecule has 0 saturated carbocycles. The third kappa shape index (κ3) is 3.28. The smallest absolute Gasteiger partial charge is 0.231 e. The van der Waals surface area contributed by atoms with E-state index in [1.807, 2.05) is 41.9 Å². The van der Waals surface area contributed by atoms with E-state index in [1.54, 1.807) is 12.3 Å². The third-order valence-corrected chi connectivity index (χ3v) is 3.47. The molecule has 1 N–H and O–H groups in total. The molecule has 5 nitrogen and oxygen atoms in total. The number of pyridine rings is 2. The topological polar surface area (TPSA) is 59.3 Å². The summed E-state index contributed by atoms with van der Waals surface area (Å²) in [6, 6.07) is 7.56. The number of amides is 1. The summed E-state index contributed by atoms with van der Waals surface area (Å²) in [5, 5.41) is 2.75. The van der Waals surface area contributed by atoms with Crippen molar-refractivity contribution in [2.24, 2.45) is 0 Å². The lowest BCUT2D eigenvalue weighted by molar-refractivity contribution is -0.115. The highest BCUT2D eigenvalue weighted by Gasteiger charge is 2.08. The molecular weight excluding hydrogens is 332 g/mol. The van der Waals surface area contributed by atoms with Gasteiger partial charge in [0.1, 0.15) is 11.5 Å². The van der Waals surface area contributed by atoms with Gasteiger partial charge in [-0.3, -0.25) is 4.79 Å². The van der Waals surface area contributed by atoms with Gasteiger partial charge in [0.2, 0.25) is 5.91 Å². The minimum atomic E-state index is -0.134. The van der Waals surface area contributed by atoms with Crippen molar-refractivity contribution in [1.82, 2.24) is 14.4 Å². The molecule has 6 heteroatoms. The van der Waals surface area contributed by atoms with Gasteiger partial charge < -0.3 is 9.72 Å². The molecule has 0 fully saturated rings. The number of rotatable bonds is 3. The van der Waals surface area contributed by atoms with Crippen LogP contribution >= 0.6 is 15.9 Å². The molecule has 0 bridgehead atoms. The second-order valence-corrected chi connectivity index (χ2v) is 5.70. The normalized spacial score (nSPS) is 10.8. The lowest BCUT2D eigenvalue weighted by atomic mass is 10.3. The van der Waals surface area contributed by atoms with Gasteiger partial charge in [0, 0.05) is 23.1 Å². The number of nitrogens with one attached hydrogen (secondary N) is 1. The Hall–Kier alpha value is -2.21. The number of imidazole rings is 1. The van der Waals surface area contributed by atoms with Gasteiger partial charge in [-0.25, -0.2) is 9.97 Å². The van der Waals surface area contributed by atoms with Crippen LogP contribution in [-0.4, -0.2) is 20.3 Å². The van der Waals surface area contributed by atoms with E-state index < -0.39 is 0 Å². The van der Waals surface area contributed by atoms with Crippen molar-refractivity contribution in [3.8, 4) is 0 Å². The van der Waals surface area contributed by atoms with Crippen LogP contribution < -0.4 is 5.32 Å². The first kappa shape index (κ1) is 13.8. The van der Waals surface area contributed by atoms with E-state index in [4.69, 9.17) is 0 Å². The maximum absolute atomic E-state index is 12.0. The van der Waals surface area contributed by atoms with Gasteiger partial charge in [0.05, 0.1) is 12.1 Å². The van der Waals surface area contributed by atoms with Crippen molar-refractivity contribution in [3.63, 3.8) is 0 Å². The Morgan fingerprint density at radius 3 is 3.00 bits per heavy atom. The molecule has 3 aromatic heterocycles. The quantitative estimate of drug-likeness (QED) is 0.794. The molecule has 3 aromatic rings. The molecule has 0 aromatic carbocycles. The van der Waals surface area contributed by atoms with Crippen molar-refractivity contribution in [1.29, 1.82) is 0 Å². The summed E-state index contributed by atoms with van der Waals surface area (Å²) in [5.74, 6) is 0.396. The second kappa shape index (κ2) is 5.65. The van der Waals surface area contributed by atoms with E-state index in [9.17, 15) is 4.79 Å². The van der Waals surface area contributed by atoms with Crippen LogP contribution in [0.3, 0.4) is 0 Å². The van der Waals surface area contributed by atoms with Gasteiger partial charge in [-0.05, 0) is 52.7 Å². The van der Waals surface area contributed by atoms with E-state index in [2.05, 4.69) is 31.2 Å². The Bertz CT molecular complexity index is 795. The molecule has 0 saturated heterocycles. The van der Waals surface area contributed by atoms with E-state index in [1.165, 1.54) is 0 Å². The molecule has 3 rings (SSSR count). The fraction of sp³-hybridized carbons (Fsp3) is 0.133. The van der Waals surface area contributed by atoms with Crippen LogP contribution in [0, 0.1) is 6.92 Å². The molecule has 21 heavy (non-hydrogen) atoms. The fourth-order valence-electron chi connectivity index (χ4n) is 2.02. The number of anilines is 1. The molecule has 106 valence electrons. The number of nitrogens with zero attached hydrogens (tertiary/aromatic N) is 3. The van der Waals surface area contributed by atoms with Gasteiger partial charge in [0.15, 0.2) is 0 Å². The molecule has 0 unspecified atom stereocenters. The molecule has 0 aliphatic heterocycles. The highest BCUT2D eigenvalue weighted by molar-refractivity contribution is 9.10. The van der Waals surface area contributed by atoms with E-state index in [0.29, 0.717) is 5.82 Å². The zero-order chi connectivity index (χ0) is 14.8. The molecular formula is C15H13BrN4O. The lowest BCUT2D eigenvalue weighted by Gasteiger charge is -2.02. The predicted octanol–water partition coefficient (Wildman–Crippen LogP) is 2.98. The standard InChI is InChI=1S/C15H13BrN4O/c1-10-4-5-20-9-12(18-14(20)6-10)7-15(21)19-13-3-2-11(16)8-17-13/h2-6,8-9H,7H2,1H3,(H,17,19,21). The monoisotopic (exact) mass is 344 g/mol. The summed E-state index contributed by atoms with van der Waals surface area (Å²) in [6.07, 6.45) is 5.67. The lowest BCUT2D eigenvalue weighted by Crippen LogP contribution is -2.15. The number of halogens is 1. The van der Waals surface area contributed by atoms with Crippen LogP contribution in [0.15, 0.2) is 47.3 Å². The Morgan fingerprint density at radius 1 is 1.38 bits per heavy atom. The first-order valence-corrected chi connectivity index (χ1v) is 7.25. The Morgan fingerprint density at radius 2 is 2.24 bits per heavy atom. The molecule has 0 spiro atoms. The highest BCUT2D eigenvalue weighted by Crippen LogP contribution is 2.12. The largest absolute Gasteiger partial charge is 0.310 e. The van der Waals surface area contributed by atoms with Crippen LogP contribution in [0.5, 0.6) is 0 Å². The van der Waals surface area contributed by atoms with Crippen molar-refractivity contribution >= 4 is 33.3 Å². The number of aromatic nitrogens is 3. The van der Waals surface area contributed by atoms with Crippen molar-refractivity contribution in [2.45, 2.75) is 13.3 Å². The maximum Gasteiger partial charge on any atom is 0.231 e. The number of fused-ring (bicyclic) bond motifs is 1. The Balaban J connectivity index is 1.72. The van der Waals surface area contributed by atoms with Crippen molar-refractivity contribution in [2.75, 3.05) is 5.32 Å². The predicted molar refractivity (Wildman–Crippen MR) is 84.2 cm³/mol. The van der Waals surface area contributed by atoms with Gasteiger partial charge >= 0.3 is 0 Å². The van der Waals surface area contributed by atoms with Crippen LogP contribution in [0.25, 0.3) is 5.65 Å². The summed E-state index contributed by atoms with van der Waals surface area (Å²) in [4.78, 5) is 20.6. The molecule has 0 aliphatic carbocycles. The average molecular weight is 345 g/mol. The maximum atomic E-state index is 12.0. The summed E-state index contributed by atoms with van der Waals surface area (Å²) < 4.78 is 2.78. The summed E-state index contributed by atoms with van der Waals surface area (Å²) in [5.41, 5.74) is 2.72. The van der Waals surface area contributed by atoms with Gasteiger partial charge in [0.25, 0.3) is 0 Å². The molecule has 3 heterocycles. The fourth-order valence-corrected chi connectivity index (χ4v) is 2.26. The first-order chi connectivity index (χ1) is 10.1. The third-order valence-electron chi connectivity index (χ3n) is 3.00. The van der Waals surface area contributed by atoms with Crippen molar-refractivity contribution in [3.05, 3.63) is 58.6 Å². The van der Waals surface area contributed by atoms with E-state index in [0.717, 1.165) is 21.4 Å². The number of aryl methyl sites for hydroxylation is 1. The average Bonchev–Trinajstić information content (AvgIpc) is 2.82. The number of carbonyl (C=O) groups is 1. The van der Waals surface area contributed by atoms with Crippen LogP contribution in [0.2, 0.25) is 0 Å². The number of carbonyl (C=O) groups excluding carboxylic acids is 1. The highest BCUT2D eigenvalue weighted by atomic mass is 79.9. The van der Waals surface area contributed by atoms with Crippen molar-refractivity contribution < 1.29 is 4.79 Å². The van der Waals surface area contributed by atoms with Gasteiger partial charge in [-0.1, -0.05) is 0 Å². The SMILES string of the molecule is Cc1ccn2cc(CC(=O)Nc3ccc(Br)cn3)nc2c1. The molecule has 0 aliphatic rings. The molecule has 0 atom stereocenters. The van der Waals surface area contributed by atoms with Crippen LogP contribution in [-0.2, 0) is 11.2 Å². The number of hydrogen-bond donors (Lipinski definition) is 1. The summed E-state index contributed by atoms with van der Waals surface area (Å²) in [6.45, 7) is 2.01. The first-order valence-electron chi connectivity index (χ1n) is 6.46. The van der Waals surface area contributed by atoms with Crippen LogP contribution in [0.4, 0.5) is 5.82 Å². The summed E-state index contributed by atoms with van der Waals surface area (Å²) >= 11 is 3.30. The summed E-state index contributed by atoms with van der Waals surface area (Å²) in [7, 11) is 0. The van der Waals surface area contributed by atoms with E-state index >= 15 is 0 Å². The van der Waals surface area contributed by atoms with Gasteiger partial charge in [-0.2, -0.15) is 0 Å². The zero-order valence-corrected chi connectivity index (χ0v) is 13.0. The zero-order valence-electron chi connectivity index (χ0n) is 11.4. The van der Waals surface area contributed by atoms with E-state index in [-0.39, 0.29) is 12.3 Å². The molecule has 1 amide bonds. The second-order valence-electron chi connectivity index (χ2n) is 4.79. The Labute approximate surface area is 130 Å². The number of hydrogen-bond acceptors (Lipinski definition) is 3. The minimum Gasteiger partial charge on any atom is -0.310 e. The van der Waals surface area contributed by atoms with Gasteiger partial charge in [-0.15, -0.1) is 0 Å². The Kier molecular flexibility index (Phi) is 3.70. The molecule has 0 radical (unpaired) electrons.